The fourth-order valence-corrected chi connectivity index (χ4v) is 3.54. The van der Waals surface area contributed by atoms with Crippen molar-refractivity contribution in [2.75, 3.05) is 25.5 Å². The van der Waals surface area contributed by atoms with Crippen LogP contribution in [0.2, 0.25) is 0 Å². The topological polar surface area (TPSA) is 76.5 Å². The van der Waals surface area contributed by atoms with Crippen molar-refractivity contribution in [3.63, 3.8) is 0 Å². The third kappa shape index (κ3) is 6.72. The van der Waals surface area contributed by atoms with Crippen LogP contribution in [0.4, 0.5) is 5.82 Å². The fraction of sp³-hybridized carbons (Fsp3) is 0.393. The molecule has 7 nitrogen and oxygen atoms in total. The van der Waals surface area contributed by atoms with Crippen molar-refractivity contribution in [3.8, 4) is 11.4 Å². The maximum atomic E-state index is 12.9. The highest BCUT2D eigenvalue weighted by Crippen LogP contribution is 2.27. The lowest BCUT2D eigenvalue weighted by Crippen LogP contribution is -2.35. The Morgan fingerprint density at radius 1 is 1.09 bits per heavy atom. The highest BCUT2D eigenvalue weighted by Gasteiger charge is 2.23. The van der Waals surface area contributed by atoms with E-state index in [0.29, 0.717) is 18.0 Å². The first kappa shape index (κ1) is 26.0. The van der Waals surface area contributed by atoms with E-state index in [1.165, 1.54) is 4.90 Å². The van der Waals surface area contributed by atoms with Crippen molar-refractivity contribution in [1.82, 2.24) is 14.7 Å². The van der Waals surface area contributed by atoms with Crippen molar-refractivity contribution < 1.29 is 14.3 Å². The molecule has 0 saturated heterocycles. The smallest absolute Gasteiger partial charge is 0.254 e. The third-order valence-corrected chi connectivity index (χ3v) is 5.68. The maximum absolute atomic E-state index is 12.9. The molecule has 0 atom stereocenters. The molecule has 0 spiro atoms. The molecule has 0 radical (unpaired) electrons. The molecule has 0 saturated carbocycles. The van der Waals surface area contributed by atoms with Gasteiger partial charge in [-0.2, -0.15) is 5.10 Å². The summed E-state index contributed by atoms with van der Waals surface area (Å²) < 4.78 is 7.41. The van der Waals surface area contributed by atoms with E-state index in [1.54, 1.807) is 36.0 Å². The first-order chi connectivity index (χ1) is 16.6. The van der Waals surface area contributed by atoms with E-state index in [1.807, 2.05) is 37.3 Å². The average Bonchev–Trinajstić information content (AvgIpc) is 3.23. The number of aryl methyl sites for hydroxylation is 1. The summed E-state index contributed by atoms with van der Waals surface area (Å²) in [7, 11) is 1.62. The van der Waals surface area contributed by atoms with Crippen molar-refractivity contribution in [1.29, 1.82) is 0 Å². The standard InChI is InChI=1S/C28H36N4O3/c1-7-8-17-35-22-15-13-21(14-16-22)27(34)31(6)19-26(33)29-25-18-24(28(3,4)5)30-32(25)23-12-10-9-11-20(23)2/h9-16,18H,7-8,17,19H2,1-6H3,(H,29,33). The summed E-state index contributed by atoms with van der Waals surface area (Å²) in [6.07, 6.45) is 2.05. The number of carbonyl (C=O) groups excluding carboxylic acids is 2. The van der Waals surface area contributed by atoms with Gasteiger partial charge in [0, 0.05) is 24.1 Å². The summed E-state index contributed by atoms with van der Waals surface area (Å²) in [5.41, 5.74) is 3.11. The molecular weight excluding hydrogens is 440 g/mol. The number of hydrogen-bond donors (Lipinski definition) is 1. The number of benzene rings is 2. The quantitative estimate of drug-likeness (QED) is 0.421. The molecule has 0 aliphatic carbocycles. The van der Waals surface area contributed by atoms with Gasteiger partial charge in [-0.15, -0.1) is 0 Å². The molecule has 186 valence electrons. The summed E-state index contributed by atoms with van der Waals surface area (Å²) >= 11 is 0. The van der Waals surface area contributed by atoms with Crippen LogP contribution in [0, 0.1) is 6.92 Å². The van der Waals surface area contributed by atoms with E-state index < -0.39 is 0 Å². The number of nitrogens with zero attached hydrogens (tertiary/aromatic N) is 3. The molecule has 1 N–H and O–H groups in total. The predicted octanol–water partition coefficient (Wildman–Crippen LogP) is 5.37. The van der Waals surface area contributed by atoms with Crippen LogP contribution in [0.25, 0.3) is 5.69 Å². The zero-order valence-electron chi connectivity index (χ0n) is 21.6. The predicted molar refractivity (Wildman–Crippen MR) is 139 cm³/mol. The molecule has 1 heterocycles. The molecule has 1 aromatic heterocycles. The van der Waals surface area contributed by atoms with Crippen LogP contribution in [0.5, 0.6) is 5.75 Å². The zero-order chi connectivity index (χ0) is 25.6. The first-order valence-electron chi connectivity index (χ1n) is 12.0. The Labute approximate surface area is 208 Å². The Morgan fingerprint density at radius 2 is 1.77 bits per heavy atom. The molecule has 3 rings (SSSR count). The molecule has 0 aliphatic heterocycles. The Kier molecular flexibility index (Phi) is 8.33. The Balaban J connectivity index is 1.71. The lowest BCUT2D eigenvalue weighted by molar-refractivity contribution is -0.116. The van der Waals surface area contributed by atoms with Crippen LogP contribution in [0.15, 0.2) is 54.6 Å². The number of carbonyl (C=O) groups is 2. The van der Waals surface area contributed by atoms with Crippen LogP contribution in [0.1, 0.15) is 62.2 Å². The summed E-state index contributed by atoms with van der Waals surface area (Å²) in [6.45, 7) is 10.9. The summed E-state index contributed by atoms with van der Waals surface area (Å²) in [6, 6.07) is 16.8. The van der Waals surface area contributed by atoms with E-state index in [9.17, 15) is 9.59 Å². The molecule has 7 heteroatoms. The van der Waals surface area contributed by atoms with Gasteiger partial charge in [0.15, 0.2) is 0 Å². The summed E-state index contributed by atoms with van der Waals surface area (Å²) in [5, 5.41) is 7.72. The molecule has 2 aromatic carbocycles. The van der Waals surface area contributed by atoms with E-state index >= 15 is 0 Å². The van der Waals surface area contributed by atoms with Gasteiger partial charge in [0.2, 0.25) is 5.91 Å². The van der Waals surface area contributed by atoms with Gasteiger partial charge in [0.1, 0.15) is 11.6 Å². The number of nitrogens with one attached hydrogen (secondary N) is 1. The second-order valence-corrected chi connectivity index (χ2v) is 9.80. The van der Waals surface area contributed by atoms with E-state index in [0.717, 1.165) is 35.5 Å². The maximum Gasteiger partial charge on any atom is 0.254 e. The number of hydrogen-bond acceptors (Lipinski definition) is 4. The molecule has 3 aromatic rings. The lowest BCUT2D eigenvalue weighted by Gasteiger charge is -2.17. The monoisotopic (exact) mass is 476 g/mol. The van der Waals surface area contributed by atoms with Crippen LogP contribution in [0.3, 0.4) is 0 Å². The highest BCUT2D eigenvalue weighted by atomic mass is 16.5. The molecule has 0 aliphatic rings. The van der Waals surface area contributed by atoms with Crippen molar-refractivity contribution in [3.05, 3.63) is 71.4 Å². The first-order valence-corrected chi connectivity index (χ1v) is 12.0. The van der Waals surface area contributed by atoms with Crippen molar-refractivity contribution in [2.24, 2.45) is 0 Å². The van der Waals surface area contributed by atoms with Gasteiger partial charge in [-0.25, -0.2) is 4.68 Å². The van der Waals surface area contributed by atoms with Crippen LogP contribution < -0.4 is 10.1 Å². The van der Waals surface area contributed by atoms with Gasteiger partial charge in [-0.05, 0) is 49.2 Å². The highest BCUT2D eigenvalue weighted by molar-refractivity contribution is 5.99. The number of rotatable bonds is 9. The van der Waals surface area contributed by atoms with Gasteiger partial charge in [-0.3, -0.25) is 9.59 Å². The average molecular weight is 477 g/mol. The van der Waals surface area contributed by atoms with E-state index in [-0.39, 0.29) is 23.8 Å². The number of ether oxygens (including phenoxy) is 1. The fourth-order valence-electron chi connectivity index (χ4n) is 3.54. The normalized spacial score (nSPS) is 11.3. The Bertz CT molecular complexity index is 1160. The van der Waals surface area contributed by atoms with Gasteiger partial charge in [0.25, 0.3) is 5.91 Å². The molecule has 2 amide bonds. The molecule has 0 fully saturated rings. The number of anilines is 1. The second-order valence-electron chi connectivity index (χ2n) is 9.80. The zero-order valence-corrected chi connectivity index (χ0v) is 21.6. The summed E-state index contributed by atoms with van der Waals surface area (Å²) in [5.74, 6) is 0.775. The lowest BCUT2D eigenvalue weighted by atomic mass is 9.92. The van der Waals surface area contributed by atoms with Crippen LogP contribution in [-0.4, -0.2) is 46.7 Å². The van der Waals surface area contributed by atoms with Crippen molar-refractivity contribution >= 4 is 17.6 Å². The third-order valence-electron chi connectivity index (χ3n) is 5.68. The van der Waals surface area contributed by atoms with Crippen LogP contribution >= 0.6 is 0 Å². The largest absolute Gasteiger partial charge is 0.494 e. The number of aromatic nitrogens is 2. The molecule has 35 heavy (non-hydrogen) atoms. The number of unbranched alkanes of at least 4 members (excludes halogenated alkanes) is 1. The number of likely N-dealkylation sites (N-methyl/N-ethyl adjacent to an activating group) is 1. The minimum absolute atomic E-state index is 0.0859. The van der Waals surface area contributed by atoms with Gasteiger partial charge >= 0.3 is 0 Å². The molecular formula is C28H36N4O3. The Morgan fingerprint density at radius 3 is 2.40 bits per heavy atom. The van der Waals surface area contributed by atoms with E-state index in [4.69, 9.17) is 9.84 Å². The molecule has 0 bridgehead atoms. The second kappa shape index (κ2) is 11.2. The minimum atomic E-state index is -0.296. The number of amides is 2. The SMILES string of the molecule is CCCCOc1ccc(C(=O)N(C)CC(=O)Nc2cc(C(C)(C)C)nn2-c2ccccc2C)cc1. The minimum Gasteiger partial charge on any atom is -0.494 e. The Hall–Kier alpha value is -3.61. The van der Waals surface area contributed by atoms with Crippen LogP contribution in [-0.2, 0) is 10.2 Å². The number of para-hydroxylation sites is 1. The van der Waals surface area contributed by atoms with E-state index in [2.05, 4.69) is 33.0 Å². The summed E-state index contributed by atoms with van der Waals surface area (Å²) in [4.78, 5) is 27.2. The van der Waals surface area contributed by atoms with Gasteiger partial charge in [0.05, 0.1) is 24.5 Å². The van der Waals surface area contributed by atoms with Gasteiger partial charge < -0.3 is 15.0 Å². The van der Waals surface area contributed by atoms with Crippen molar-refractivity contribution in [2.45, 2.75) is 52.9 Å². The van der Waals surface area contributed by atoms with Gasteiger partial charge in [-0.1, -0.05) is 52.3 Å². The molecule has 0 unspecified atom stereocenters.